The van der Waals surface area contributed by atoms with Gasteiger partial charge in [0.1, 0.15) is 11.9 Å². The Morgan fingerprint density at radius 1 is 1.09 bits per heavy atom. The third-order valence-electron chi connectivity index (χ3n) is 6.03. The highest BCUT2D eigenvalue weighted by Crippen LogP contribution is 2.20. The molecule has 1 N–H and O–H groups in total. The second-order valence-corrected chi connectivity index (χ2v) is 9.60. The lowest BCUT2D eigenvalue weighted by Crippen LogP contribution is -2.50. The van der Waals surface area contributed by atoms with E-state index < -0.39 is 6.04 Å². The highest BCUT2D eigenvalue weighted by molar-refractivity contribution is 7.99. The van der Waals surface area contributed by atoms with Gasteiger partial charge >= 0.3 is 0 Å². The Morgan fingerprint density at radius 3 is 2.47 bits per heavy atom. The lowest BCUT2D eigenvalue weighted by molar-refractivity contribution is -0.139. The molecule has 2 amide bonds. The summed E-state index contributed by atoms with van der Waals surface area (Å²) < 4.78 is 13.9. The summed E-state index contributed by atoms with van der Waals surface area (Å²) in [5.41, 5.74) is 2.72. The summed E-state index contributed by atoms with van der Waals surface area (Å²) in [6, 6.07) is 14.3. The summed E-state index contributed by atoms with van der Waals surface area (Å²) in [7, 11) is 0. The van der Waals surface area contributed by atoms with E-state index in [4.69, 9.17) is 0 Å². The first kappa shape index (κ1) is 24.3. The number of hydrogen-bond donors (Lipinski definition) is 1. The molecule has 2 aromatic carbocycles. The molecule has 1 fully saturated rings. The molecular weight excluding hydrogens is 423 g/mol. The zero-order valence-electron chi connectivity index (χ0n) is 19.0. The van der Waals surface area contributed by atoms with E-state index in [-0.39, 0.29) is 29.4 Å². The Kier molecular flexibility index (Phi) is 9.15. The van der Waals surface area contributed by atoms with Crippen molar-refractivity contribution in [2.45, 2.75) is 70.3 Å². The number of thioether (sulfide) groups is 1. The third kappa shape index (κ3) is 7.09. The predicted octanol–water partition coefficient (Wildman–Crippen LogP) is 5.23. The minimum atomic E-state index is -0.570. The van der Waals surface area contributed by atoms with Crippen molar-refractivity contribution in [2.24, 2.45) is 0 Å². The Hall–Kier alpha value is -2.34. The van der Waals surface area contributed by atoms with E-state index in [0.29, 0.717) is 17.9 Å². The second kappa shape index (κ2) is 12.0. The van der Waals surface area contributed by atoms with Gasteiger partial charge in [-0.25, -0.2) is 4.39 Å². The van der Waals surface area contributed by atoms with Crippen LogP contribution in [0.3, 0.4) is 0 Å². The minimum Gasteiger partial charge on any atom is -0.352 e. The summed E-state index contributed by atoms with van der Waals surface area (Å²) in [4.78, 5) is 27.8. The summed E-state index contributed by atoms with van der Waals surface area (Å²) in [5.74, 6) is 0.139. The van der Waals surface area contributed by atoms with Crippen molar-refractivity contribution in [3.63, 3.8) is 0 Å². The molecule has 1 aliphatic carbocycles. The average molecular weight is 457 g/mol. The molecule has 0 aliphatic heterocycles. The monoisotopic (exact) mass is 456 g/mol. The van der Waals surface area contributed by atoms with Crippen molar-refractivity contribution in [1.82, 2.24) is 10.2 Å². The zero-order valence-corrected chi connectivity index (χ0v) is 19.8. The molecule has 0 spiro atoms. The molecule has 3 rings (SSSR count). The maximum absolute atomic E-state index is 13.9. The number of benzene rings is 2. The van der Waals surface area contributed by atoms with E-state index >= 15 is 0 Å². The molecule has 172 valence electrons. The van der Waals surface area contributed by atoms with E-state index in [1.165, 1.54) is 24.2 Å². The summed E-state index contributed by atoms with van der Waals surface area (Å²) in [6.07, 6.45) is 5.50. The van der Waals surface area contributed by atoms with E-state index in [1.807, 2.05) is 31.2 Å². The normalized spacial score (nSPS) is 15.2. The fraction of sp³-hybridized carbons (Fsp3) is 0.462. The van der Waals surface area contributed by atoms with E-state index in [9.17, 15) is 14.0 Å². The maximum atomic E-state index is 13.9. The van der Waals surface area contributed by atoms with Crippen molar-refractivity contribution >= 4 is 23.6 Å². The molecule has 1 atom stereocenters. The van der Waals surface area contributed by atoms with Crippen LogP contribution in [-0.2, 0) is 21.9 Å². The molecule has 6 heteroatoms. The number of aryl methyl sites for hydroxylation is 1. The van der Waals surface area contributed by atoms with Crippen molar-refractivity contribution in [3.8, 4) is 0 Å². The smallest absolute Gasteiger partial charge is 0.242 e. The summed E-state index contributed by atoms with van der Waals surface area (Å²) >= 11 is 1.37. The number of halogens is 1. The predicted molar refractivity (Wildman–Crippen MR) is 129 cm³/mol. The standard InChI is InChI=1S/C26H33FN2O2S/c1-19-12-14-21(15-13-19)16-29(20(2)26(31)28-23-9-4-3-5-10-23)25(30)18-32-17-22-8-6-7-11-24(22)27/h6-8,11-15,20,23H,3-5,9-10,16-18H2,1-2H3,(H,28,31)/t20-/m0/s1. The summed E-state index contributed by atoms with van der Waals surface area (Å²) in [5, 5.41) is 3.15. The van der Waals surface area contributed by atoms with Crippen LogP contribution in [0.15, 0.2) is 48.5 Å². The number of hydrogen-bond acceptors (Lipinski definition) is 3. The molecule has 0 heterocycles. The Labute approximate surface area is 195 Å². The van der Waals surface area contributed by atoms with Gasteiger partial charge in [-0.05, 0) is 43.9 Å². The molecular formula is C26H33FN2O2S. The first-order valence-corrected chi connectivity index (χ1v) is 12.6. The molecule has 0 saturated heterocycles. The fourth-order valence-electron chi connectivity index (χ4n) is 3.99. The van der Waals surface area contributed by atoms with Crippen molar-refractivity contribution in [3.05, 3.63) is 71.0 Å². The van der Waals surface area contributed by atoms with Gasteiger partial charge in [0, 0.05) is 18.3 Å². The number of amides is 2. The van der Waals surface area contributed by atoms with Crippen LogP contribution in [0.1, 0.15) is 55.7 Å². The van der Waals surface area contributed by atoms with Crippen LogP contribution < -0.4 is 5.32 Å². The number of nitrogens with one attached hydrogen (secondary N) is 1. The van der Waals surface area contributed by atoms with Gasteiger partial charge in [0.2, 0.25) is 11.8 Å². The number of rotatable bonds is 9. The fourth-order valence-corrected chi connectivity index (χ4v) is 4.88. The summed E-state index contributed by atoms with van der Waals surface area (Å²) in [6.45, 7) is 4.19. The van der Waals surface area contributed by atoms with Crippen molar-refractivity contribution in [2.75, 3.05) is 5.75 Å². The minimum absolute atomic E-state index is 0.100. The van der Waals surface area contributed by atoms with Crippen molar-refractivity contribution < 1.29 is 14.0 Å². The van der Waals surface area contributed by atoms with Crippen LogP contribution in [0.25, 0.3) is 0 Å². The van der Waals surface area contributed by atoms with Gasteiger partial charge in [0.15, 0.2) is 0 Å². The van der Waals surface area contributed by atoms with Crippen LogP contribution in [0.2, 0.25) is 0 Å². The van der Waals surface area contributed by atoms with Gasteiger partial charge in [-0.15, -0.1) is 11.8 Å². The molecule has 0 bridgehead atoms. The van der Waals surface area contributed by atoms with Gasteiger partial charge in [-0.1, -0.05) is 67.3 Å². The van der Waals surface area contributed by atoms with Crippen LogP contribution in [0, 0.1) is 12.7 Å². The Bertz CT molecular complexity index is 897. The number of carbonyl (C=O) groups excluding carboxylic acids is 2. The molecule has 0 aromatic heterocycles. The quantitative estimate of drug-likeness (QED) is 0.562. The zero-order chi connectivity index (χ0) is 22.9. The van der Waals surface area contributed by atoms with Gasteiger partial charge in [-0.2, -0.15) is 0 Å². The largest absolute Gasteiger partial charge is 0.352 e. The van der Waals surface area contributed by atoms with Crippen molar-refractivity contribution in [1.29, 1.82) is 0 Å². The average Bonchev–Trinajstić information content (AvgIpc) is 2.80. The molecule has 1 aliphatic rings. The molecule has 32 heavy (non-hydrogen) atoms. The SMILES string of the molecule is Cc1ccc(CN(C(=O)CSCc2ccccc2F)[C@@H](C)C(=O)NC2CCCCC2)cc1. The third-order valence-corrected chi connectivity index (χ3v) is 7.00. The highest BCUT2D eigenvalue weighted by Gasteiger charge is 2.28. The van der Waals surface area contributed by atoms with Gasteiger partial charge < -0.3 is 10.2 Å². The van der Waals surface area contributed by atoms with E-state index in [0.717, 1.165) is 36.8 Å². The maximum Gasteiger partial charge on any atom is 0.242 e. The van der Waals surface area contributed by atoms with E-state index in [2.05, 4.69) is 5.32 Å². The van der Waals surface area contributed by atoms with Gasteiger partial charge in [0.05, 0.1) is 5.75 Å². The number of nitrogens with zero attached hydrogens (tertiary/aromatic N) is 1. The lowest BCUT2D eigenvalue weighted by atomic mass is 9.95. The van der Waals surface area contributed by atoms with Gasteiger partial charge in [0.25, 0.3) is 0 Å². The molecule has 4 nitrogen and oxygen atoms in total. The molecule has 0 radical (unpaired) electrons. The van der Waals surface area contributed by atoms with Crippen LogP contribution in [0.4, 0.5) is 4.39 Å². The number of carbonyl (C=O) groups is 2. The van der Waals surface area contributed by atoms with Crippen LogP contribution >= 0.6 is 11.8 Å². The van der Waals surface area contributed by atoms with Gasteiger partial charge in [-0.3, -0.25) is 9.59 Å². The highest BCUT2D eigenvalue weighted by atomic mass is 32.2. The molecule has 0 unspecified atom stereocenters. The topological polar surface area (TPSA) is 49.4 Å². The second-order valence-electron chi connectivity index (χ2n) is 8.61. The van der Waals surface area contributed by atoms with Crippen LogP contribution in [-0.4, -0.2) is 34.6 Å². The Balaban J connectivity index is 1.65. The molecule has 2 aromatic rings. The van der Waals surface area contributed by atoms with Crippen LogP contribution in [0.5, 0.6) is 0 Å². The first-order valence-electron chi connectivity index (χ1n) is 11.4. The molecule has 1 saturated carbocycles. The Morgan fingerprint density at radius 2 is 1.78 bits per heavy atom. The van der Waals surface area contributed by atoms with E-state index in [1.54, 1.807) is 30.0 Å². The first-order chi connectivity index (χ1) is 15.4. The lowest BCUT2D eigenvalue weighted by Gasteiger charge is -2.31.